The minimum atomic E-state index is -4.24. The van der Waals surface area contributed by atoms with Gasteiger partial charge in [0, 0.05) is 24.6 Å². The van der Waals surface area contributed by atoms with E-state index < -0.39 is 12.8 Å². The Bertz CT molecular complexity index is 293. The molecule has 1 N–H and O–H groups in total. The van der Waals surface area contributed by atoms with Crippen molar-refractivity contribution in [3.63, 3.8) is 0 Å². The van der Waals surface area contributed by atoms with Crippen molar-refractivity contribution < 1.29 is 22.6 Å². The van der Waals surface area contributed by atoms with Gasteiger partial charge in [-0.15, -0.1) is 0 Å². The second-order valence-corrected chi connectivity index (χ2v) is 6.45. The summed E-state index contributed by atoms with van der Waals surface area (Å²) in [5, 5.41) is 3.24. The van der Waals surface area contributed by atoms with Crippen molar-refractivity contribution in [2.24, 2.45) is 11.3 Å². The fraction of sp³-hybridized carbons (Fsp3) is 1.00. The molecule has 0 radical (unpaired) electrons. The summed E-state index contributed by atoms with van der Waals surface area (Å²) in [5.41, 5.74) is 0.0128. The van der Waals surface area contributed by atoms with Crippen LogP contribution in [0.25, 0.3) is 0 Å². The van der Waals surface area contributed by atoms with Crippen molar-refractivity contribution in [2.75, 3.05) is 26.4 Å². The maximum Gasteiger partial charge on any atom is 0.411 e. The van der Waals surface area contributed by atoms with Gasteiger partial charge in [-0.1, -0.05) is 27.7 Å². The minimum absolute atomic E-state index is 0.0128. The number of halogens is 3. The van der Waals surface area contributed by atoms with Gasteiger partial charge in [0.05, 0.1) is 12.7 Å². The highest BCUT2D eigenvalue weighted by molar-refractivity contribution is 5.02. The third-order valence-electron chi connectivity index (χ3n) is 3.71. The van der Waals surface area contributed by atoms with Gasteiger partial charge in [0.1, 0.15) is 6.61 Å². The number of rotatable bonds is 8. The lowest BCUT2D eigenvalue weighted by atomic mass is 9.64. The zero-order chi connectivity index (χ0) is 15.4. The molecule has 0 amide bonds. The zero-order valence-corrected chi connectivity index (χ0v) is 12.7. The van der Waals surface area contributed by atoms with E-state index in [1.807, 2.05) is 0 Å². The molecule has 1 saturated carbocycles. The Labute approximate surface area is 119 Å². The average Bonchev–Trinajstić information content (AvgIpc) is 2.28. The SMILES string of the molecule is CC(C)COC1CC(NCCOCC(F)(F)F)C1(C)C. The lowest BCUT2D eigenvalue weighted by molar-refractivity contribution is -0.174. The van der Waals surface area contributed by atoms with Crippen LogP contribution in [0.4, 0.5) is 13.2 Å². The molecule has 0 aliphatic heterocycles. The number of hydrogen-bond acceptors (Lipinski definition) is 3. The Morgan fingerprint density at radius 3 is 2.45 bits per heavy atom. The van der Waals surface area contributed by atoms with Crippen molar-refractivity contribution in [1.82, 2.24) is 5.32 Å². The predicted octanol–water partition coefficient (Wildman–Crippen LogP) is 2.99. The van der Waals surface area contributed by atoms with Crippen LogP contribution in [0.1, 0.15) is 34.1 Å². The van der Waals surface area contributed by atoms with Crippen LogP contribution in [-0.4, -0.2) is 44.7 Å². The molecule has 2 atom stereocenters. The standard InChI is InChI=1S/C14H26F3NO2/c1-10(2)8-20-12-7-11(13(12,3)4)18-5-6-19-9-14(15,16)17/h10-12,18H,5-9H2,1-4H3. The van der Waals surface area contributed by atoms with Crippen molar-refractivity contribution in [2.45, 2.75) is 52.4 Å². The Kier molecular flexibility index (Phi) is 6.28. The van der Waals surface area contributed by atoms with Gasteiger partial charge in [-0.25, -0.2) is 0 Å². The van der Waals surface area contributed by atoms with Crippen LogP contribution >= 0.6 is 0 Å². The highest BCUT2D eigenvalue weighted by Gasteiger charge is 2.48. The number of alkyl halides is 3. The van der Waals surface area contributed by atoms with Crippen molar-refractivity contribution in [1.29, 1.82) is 0 Å². The van der Waals surface area contributed by atoms with Gasteiger partial charge in [0.25, 0.3) is 0 Å². The molecule has 0 aromatic rings. The molecule has 20 heavy (non-hydrogen) atoms. The molecule has 0 aromatic carbocycles. The van der Waals surface area contributed by atoms with Gasteiger partial charge in [0.2, 0.25) is 0 Å². The molecule has 0 heterocycles. The summed E-state index contributed by atoms with van der Waals surface area (Å²) in [4.78, 5) is 0. The summed E-state index contributed by atoms with van der Waals surface area (Å²) in [6.07, 6.45) is -3.12. The summed E-state index contributed by atoms with van der Waals surface area (Å²) >= 11 is 0. The number of nitrogens with one attached hydrogen (secondary N) is 1. The minimum Gasteiger partial charge on any atom is -0.377 e. The van der Waals surface area contributed by atoms with E-state index in [-0.39, 0.29) is 24.2 Å². The van der Waals surface area contributed by atoms with E-state index in [1.165, 1.54) is 0 Å². The van der Waals surface area contributed by atoms with Gasteiger partial charge in [-0.3, -0.25) is 0 Å². The summed E-state index contributed by atoms with van der Waals surface area (Å²) in [7, 11) is 0. The first-order valence-corrected chi connectivity index (χ1v) is 7.12. The summed E-state index contributed by atoms with van der Waals surface area (Å²) in [6, 6.07) is 0.272. The van der Waals surface area contributed by atoms with E-state index in [0.717, 1.165) is 13.0 Å². The second-order valence-electron chi connectivity index (χ2n) is 6.45. The molecule has 6 heteroatoms. The van der Waals surface area contributed by atoms with E-state index in [4.69, 9.17) is 4.74 Å². The van der Waals surface area contributed by atoms with Crippen molar-refractivity contribution in [3.05, 3.63) is 0 Å². The monoisotopic (exact) mass is 297 g/mol. The van der Waals surface area contributed by atoms with Crippen LogP contribution in [0.3, 0.4) is 0 Å². The molecule has 3 nitrogen and oxygen atoms in total. The Hall–Kier alpha value is -0.330. The lowest BCUT2D eigenvalue weighted by Gasteiger charge is -2.52. The lowest BCUT2D eigenvalue weighted by Crippen LogP contribution is -2.61. The van der Waals surface area contributed by atoms with Crippen molar-refractivity contribution in [3.8, 4) is 0 Å². The van der Waals surface area contributed by atoms with Crippen LogP contribution < -0.4 is 5.32 Å². The van der Waals surface area contributed by atoms with Gasteiger partial charge >= 0.3 is 6.18 Å². The zero-order valence-electron chi connectivity index (χ0n) is 12.7. The smallest absolute Gasteiger partial charge is 0.377 e. The van der Waals surface area contributed by atoms with Gasteiger partial charge < -0.3 is 14.8 Å². The van der Waals surface area contributed by atoms with Crippen LogP contribution in [-0.2, 0) is 9.47 Å². The normalized spacial score (nSPS) is 25.8. The molecular weight excluding hydrogens is 271 g/mol. The third-order valence-corrected chi connectivity index (χ3v) is 3.71. The van der Waals surface area contributed by atoms with Crippen LogP contribution in [0, 0.1) is 11.3 Å². The topological polar surface area (TPSA) is 30.5 Å². The van der Waals surface area contributed by atoms with Crippen LogP contribution in [0.5, 0.6) is 0 Å². The number of ether oxygens (including phenoxy) is 2. The summed E-state index contributed by atoms with van der Waals surface area (Å²) < 4.78 is 46.1. The maximum absolute atomic E-state index is 11.9. The first-order valence-electron chi connectivity index (χ1n) is 7.12. The number of hydrogen-bond donors (Lipinski definition) is 1. The molecule has 120 valence electrons. The summed E-state index contributed by atoms with van der Waals surface area (Å²) in [6.45, 7) is 8.54. The van der Waals surface area contributed by atoms with E-state index in [9.17, 15) is 13.2 Å². The van der Waals surface area contributed by atoms with Gasteiger partial charge in [-0.2, -0.15) is 13.2 Å². The molecular formula is C14H26F3NO2. The van der Waals surface area contributed by atoms with Gasteiger partial charge in [-0.05, 0) is 12.3 Å². The Balaban J connectivity index is 2.14. The van der Waals surface area contributed by atoms with E-state index in [2.05, 4.69) is 37.7 Å². The molecule has 1 aliphatic carbocycles. The molecule has 1 fully saturated rings. The van der Waals surface area contributed by atoms with Crippen molar-refractivity contribution >= 4 is 0 Å². The van der Waals surface area contributed by atoms with Crippen LogP contribution in [0.15, 0.2) is 0 Å². The largest absolute Gasteiger partial charge is 0.411 e. The fourth-order valence-corrected chi connectivity index (χ4v) is 2.32. The fourth-order valence-electron chi connectivity index (χ4n) is 2.32. The van der Waals surface area contributed by atoms with E-state index in [0.29, 0.717) is 12.5 Å². The molecule has 0 bridgehead atoms. The quantitative estimate of drug-likeness (QED) is 0.699. The maximum atomic E-state index is 11.9. The summed E-state index contributed by atoms with van der Waals surface area (Å²) in [5.74, 6) is 0.508. The molecule has 0 spiro atoms. The highest BCUT2D eigenvalue weighted by Crippen LogP contribution is 2.42. The Morgan fingerprint density at radius 2 is 1.95 bits per heavy atom. The highest BCUT2D eigenvalue weighted by atomic mass is 19.4. The molecule has 0 aromatic heterocycles. The first-order chi connectivity index (χ1) is 9.13. The van der Waals surface area contributed by atoms with E-state index in [1.54, 1.807) is 0 Å². The second kappa shape index (κ2) is 7.09. The van der Waals surface area contributed by atoms with Crippen LogP contribution in [0.2, 0.25) is 0 Å². The predicted molar refractivity (Wildman–Crippen MR) is 71.6 cm³/mol. The molecule has 1 rings (SSSR count). The molecule has 2 unspecified atom stereocenters. The molecule has 0 saturated heterocycles. The Morgan fingerprint density at radius 1 is 1.30 bits per heavy atom. The first kappa shape index (κ1) is 17.7. The third kappa shape index (κ3) is 5.58. The van der Waals surface area contributed by atoms with E-state index >= 15 is 0 Å². The average molecular weight is 297 g/mol. The molecule has 1 aliphatic rings. The van der Waals surface area contributed by atoms with Gasteiger partial charge in [0.15, 0.2) is 0 Å².